The number of carboxylic acid groups (broad SMARTS) is 1. The van der Waals surface area contributed by atoms with Crippen LogP contribution in [-0.4, -0.2) is 57.5 Å². The Labute approximate surface area is 110 Å². The zero-order valence-electron chi connectivity index (χ0n) is 11.2. The molecular formula is C12H17N3O4. The molecular weight excluding hydrogens is 250 g/mol. The molecule has 104 valence electrons. The van der Waals surface area contributed by atoms with Crippen molar-refractivity contribution < 1.29 is 19.4 Å². The van der Waals surface area contributed by atoms with Gasteiger partial charge in [0.05, 0.1) is 24.5 Å². The van der Waals surface area contributed by atoms with Gasteiger partial charge in [0.2, 0.25) is 0 Å². The molecule has 0 saturated carbocycles. The number of carboxylic acids is 1. The first-order valence-electron chi connectivity index (χ1n) is 6.05. The van der Waals surface area contributed by atoms with Crippen molar-refractivity contribution in [3.8, 4) is 0 Å². The largest absolute Gasteiger partial charge is 0.480 e. The van der Waals surface area contributed by atoms with Crippen LogP contribution in [0.2, 0.25) is 0 Å². The average Bonchev–Trinajstić information content (AvgIpc) is 2.62. The van der Waals surface area contributed by atoms with Crippen molar-refractivity contribution in [2.24, 2.45) is 7.05 Å². The summed E-state index contributed by atoms with van der Waals surface area (Å²) in [5.41, 5.74) is 1.83. The third-order valence-corrected chi connectivity index (χ3v) is 3.40. The molecule has 0 radical (unpaired) electrons. The first-order valence-corrected chi connectivity index (χ1v) is 6.05. The number of carbonyl (C=O) groups excluding carboxylic acids is 1. The molecule has 1 amide bonds. The highest BCUT2D eigenvalue weighted by Gasteiger charge is 2.35. The Morgan fingerprint density at radius 1 is 1.42 bits per heavy atom. The molecule has 0 aromatic carbocycles. The third kappa shape index (κ3) is 2.33. The molecule has 1 aliphatic heterocycles. The maximum absolute atomic E-state index is 12.5. The Hall–Kier alpha value is -1.89. The fourth-order valence-corrected chi connectivity index (χ4v) is 2.28. The Morgan fingerprint density at radius 2 is 2.11 bits per heavy atom. The summed E-state index contributed by atoms with van der Waals surface area (Å²) in [4.78, 5) is 25.1. The average molecular weight is 267 g/mol. The van der Waals surface area contributed by atoms with Gasteiger partial charge in [-0.2, -0.15) is 5.10 Å². The van der Waals surface area contributed by atoms with E-state index < -0.39 is 12.0 Å². The fourth-order valence-electron chi connectivity index (χ4n) is 2.28. The molecule has 1 aromatic heterocycles. The van der Waals surface area contributed by atoms with Gasteiger partial charge >= 0.3 is 5.97 Å². The molecule has 1 N–H and O–H groups in total. The lowest BCUT2D eigenvalue weighted by atomic mass is 10.1. The Morgan fingerprint density at radius 3 is 2.63 bits per heavy atom. The van der Waals surface area contributed by atoms with Crippen molar-refractivity contribution in [3.63, 3.8) is 0 Å². The van der Waals surface area contributed by atoms with E-state index in [1.165, 1.54) is 4.90 Å². The quantitative estimate of drug-likeness (QED) is 0.813. The number of hydrogen-bond donors (Lipinski definition) is 1. The zero-order valence-corrected chi connectivity index (χ0v) is 11.2. The van der Waals surface area contributed by atoms with Crippen LogP contribution in [0.3, 0.4) is 0 Å². The summed E-state index contributed by atoms with van der Waals surface area (Å²) in [6.07, 6.45) is 0. The van der Waals surface area contributed by atoms with Crippen LogP contribution in [-0.2, 0) is 16.6 Å². The van der Waals surface area contributed by atoms with Crippen molar-refractivity contribution in [3.05, 3.63) is 17.0 Å². The molecule has 1 aromatic rings. The summed E-state index contributed by atoms with van der Waals surface area (Å²) in [6, 6.07) is -0.930. The molecule has 0 aliphatic carbocycles. The number of ether oxygens (including phenoxy) is 1. The number of aryl methyl sites for hydroxylation is 2. The highest BCUT2D eigenvalue weighted by atomic mass is 16.5. The number of amides is 1. The second-order valence-corrected chi connectivity index (χ2v) is 4.60. The molecule has 0 spiro atoms. The van der Waals surface area contributed by atoms with E-state index in [9.17, 15) is 9.59 Å². The van der Waals surface area contributed by atoms with Gasteiger partial charge in [0.1, 0.15) is 0 Å². The highest BCUT2D eigenvalue weighted by Crippen LogP contribution is 2.18. The smallest absolute Gasteiger partial charge is 0.328 e. The minimum atomic E-state index is -1.05. The van der Waals surface area contributed by atoms with Gasteiger partial charge in [0, 0.05) is 19.3 Å². The van der Waals surface area contributed by atoms with Gasteiger partial charge in [-0.05, 0) is 13.8 Å². The van der Waals surface area contributed by atoms with Crippen LogP contribution >= 0.6 is 0 Å². The van der Waals surface area contributed by atoms with E-state index in [-0.39, 0.29) is 19.1 Å². The maximum Gasteiger partial charge on any atom is 0.328 e. The third-order valence-electron chi connectivity index (χ3n) is 3.40. The molecule has 1 aliphatic rings. The van der Waals surface area contributed by atoms with E-state index >= 15 is 0 Å². The van der Waals surface area contributed by atoms with Gasteiger partial charge in [-0.3, -0.25) is 9.48 Å². The van der Waals surface area contributed by atoms with Crippen LogP contribution in [0.15, 0.2) is 0 Å². The van der Waals surface area contributed by atoms with Gasteiger partial charge in [-0.1, -0.05) is 0 Å². The molecule has 2 rings (SSSR count). The number of aromatic nitrogens is 2. The fraction of sp³-hybridized carbons (Fsp3) is 0.583. The standard InChI is InChI=1S/C12H17N3O4/c1-7-10(8(2)14(3)13-7)11(16)15-4-5-19-6-9(15)12(17)18/h9H,4-6H2,1-3H3,(H,17,18)/t9-/m1/s1. The van der Waals surface area contributed by atoms with Crippen LogP contribution in [0.1, 0.15) is 21.7 Å². The molecule has 19 heavy (non-hydrogen) atoms. The summed E-state index contributed by atoms with van der Waals surface area (Å²) < 4.78 is 6.75. The highest BCUT2D eigenvalue weighted by molar-refractivity contribution is 5.98. The minimum absolute atomic E-state index is 0.0272. The van der Waals surface area contributed by atoms with E-state index in [0.29, 0.717) is 17.9 Å². The van der Waals surface area contributed by atoms with Gasteiger partial charge in [0.15, 0.2) is 6.04 Å². The molecule has 7 nitrogen and oxygen atoms in total. The van der Waals surface area contributed by atoms with E-state index in [2.05, 4.69) is 5.10 Å². The number of nitrogens with zero attached hydrogens (tertiary/aromatic N) is 3. The summed E-state index contributed by atoms with van der Waals surface area (Å²) in [6.45, 7) is 4.21. The second-order valence-electron chi connectivity index (χ2n) is 4.60. The van der Waals surface area contributed by atoms with E-state index in [1.54, 1.807) is 25.6 Å². The van der Waals surface area contributed by atoms with Crippen LogP contribution < -0.4 is 0 Å². The molecule has 1 fully saturated rings. The summed E-state index contributed by atoms with van der Waals surface area (Å²) >= 11 is 0. The van der Waals surface area contributed by atoms with Gasteiger partial charge < -0.3 is 14.7 Å². The van der Waals surface area contributed by atoms with Crippen molar-refractivity contribution in [1.29, 1.82) is 0 Å². The monoisotopic (exact) mass is 267 g/mol. The lowest BCUT2D eigenvalue weighted by Crippen LogP contribution is -2.52. The predicted molar refractivity (Wildman–Crippen MR) is 66.0 cm³/mol. The van der Waals surface area contributed by atoms with Crippen molar-refractivity contribution >= 4 is 11.9 Å². The zero-order chi connectivity index (χ0) is 14.2. The Balaban J connectivity index is 2.34. The number of carbonyl (C=O) groups is 2. The summed E-state index contributed by atoms with van der Waals surface area (Å²) in [5, 5.41) is 13.3. The van der Waals surface area contributed by atoms with Gasteiger partial charge in [0.25, 0.3) is 5.91 Å². The first kappa shape index (κ1) is 13.5. The molecule has 1 saturated heterocycles. The van der Waals surface area contributed by atoms with Crippen molar-refractivity contribution in [2.45, 2.75) is 19.9 Å². The molecule has 1 atom stereocenters. The van der Waals surface area contributed by atoms with Gasteiger partial charge in [-0.25, -0.2) is 4.79 Å². The lowest BCUT2D eigenvalue weighted by Gasteiger charge is -2.32. The molecule has 2 heterocycles. The normalized spacial score (nSPS) is 19.5. The van der Waals surface area contributed by atoms with Crippen molar-refractivity contribution in [2.75, 3.05) is 19.8 Å². The SMILES string of the molecule is Cc1nn(C)c(C)c1C(=O)N1CCOC[C@@H]1C(=O)O. The van der Waals surface area contributed by atoms with Gasteiger partial charge in [-0.15, -0.1) is 0 Å². The summed E-state index contributed by atoms with van der Waals surface area (Å²) in [7, 11) is 1.76. The van der Waals surface area contributed by atoms with E-state index in [4.69, 9.17) is 9.84 Å². The first-order chi connectivity index (χ1) is 8.93. The molecule has 7 heteroatoms. The molecule has 0 bridgehead atoms. The lowest BCUT2D eigenvalue weighted by molar-refractivity contribution is -0.147. The Kier molecular flexibility index (Phi) is 3.57. The minimum Gasteiger partial charge on any atom is -0.480 e. The number of hydrogen-bond acceptors (Lipinski definition) is 4. The Bertz CT molecular complexity index is 523. The number of aliphatic carboxylic acids is 1. The van der Waals surface area contributed by atoms with E-state index in [1.807, 2.05) is 0 Å². The van der Waals surface area contributed by atoms with Crippen LogP contribution in [0.5, 0.6) is 0 Å². The second kappa shape index (κ2) is 5.00. The topological polar surface area (TPSA) is 84.7 Å². The van der Waals surface area contributed by atoms with Crippen LogP contribution in [0, 0.1) is 13.8 Å². The maximum atomic E-state index is 12.5. The van der Waals surface area contributed by atoms with Crippen LogP contribution in [0.25, 0.3) is 0 Å². The van der Waals surface area contributed by atoms with Crippen LogP contribution in [0.4, 0.5) is 0 Å². The van der Waals surface area contributed by atoms with Crippen molar-refractivity contribution in [1.82, 2.24) is 14.7 Å². The van der Waals surface area contributed by atoms with E-state index in [0.717, 1.165) is 5.69 Å². The number of morpholine rings is 1. The number of rotatable bonds is 2. The predicted octanol–water partition coefficient (Wildman–Crippen LogP) is -0.0375. The molecule has 0 unspecified atom stereocenters. The summed E-state index contributed by atoms with van der Waals surface area (Å²) in [5.74, 6) is -1.34.